The average molecular weight is 322 g/mol. The van der Waals surface area contributed by atoms with Crippen LogP contribution in [0.25, 0.3) is 5.69 Å². The van der Waals surface area contributed by atoms with Crippen molar-refractivity contribution >= 4 is 5.91 Å². The first kappa shape index (κ1) is 15.7. The number of rotatable bonds is 5. The van der Waals surface area contributed by atoms with Gasteiger partial charge in [0.1, 0.15) is 18.4 Å². The maximum atomic E-state index is 12.3. The Kier molecular flexibility index (Phi) is 4.56. The predicted molar refractivity (Wildman–Crippen MR) is 90.3 cm³/mol. The Morgan fingerprint density at radius 1 is 1.12 bits per heavy atom. The lowest BCUT2D eigenvalue weighted by atomic mass is 10.1. The maximum Gasteiger partial charge on any atom is 0.251 e. The number of carbonyl (C=O) groups is 1. The molecule has 0 saturated carbocycles. The SMILES string of the molecule is COc1cc(C)ccc1CNC(=O)c1ccc(-n2cnnc2)cc1. The molecule has 24 heavy (non-hydrogen) atoms. The van der Waals surface area contributed by atoms with Crippen molar-refractivity contribution in [2.45, 2.75) is 13.5 Å². The maximum absolute atomic E-state index is 12.3. The van der Waals surface area contributed by atoms with E-state index in [0.29, 0.717) is 12.1 Å². The normalized spacial score (nSPS) is 10.4. The molecule has 2 aromatic carbocycles. The quantitative estimate of drug-likeness (QED) is 0.783. The lowest BCUT2D eigenvalue weighted by Crippen LogP contribution is -2.23. The number of methoxy groups -OCH3 is 1. The van der Waals surface area contributed by atoms with Crippen LogP contribution in [0.15, 0.2) is 55.1 Å². The predicted octanol–water partition coefficient (Wildman–Crippen LogP) is 2.51. The van der Waals surface area contributed by atoms with Crippen LogP contribution in [0.1, 0.15) is 21.5 Å². The van der Waals surface area contributed by atoms with Crippen LogP contribution in [-0.2, 0) is 6.54 Å². The van der Waals surface area contributed by atoms with Gasteiger partial charge in [-0.3, -0.25) is 9.36 Å². The molecule has 1 N–H and O–H groups in total. The molecule has 1 heterocycles. The van der Waals surface area contributed by atoms with Crippen molar-refractivity contribution < 1.29 is 9.53 Å². The number of hydrogen-bond acceptors (Lipinski definition) is 4. The zero-order valence-electron chi connectivity index (χ0n) is 13.6. The Bertz CT molecular complexity index is 827. The van der Waals surface area contributed by atoms with Gasteiger partial charge in [0.25, 0.3) is 5.91 Å². The number of aromatic nitrogens is 3. The van der Waals surface area contributed by atoms with E-state index >= 15 is 0 Å². The highest BCUT2D eigenvalue weighted by Crippen LogP contribution is 2.19. The van der Waals surface area contributed by atoms with E-state index in [9.17, 15) is 4.79 Å². The summed E-state index contributed by atoms with van der Waals surface area (Å²) in [7, 11) is 1.63. The van der Waals surface area contributed by atoms with Crippen molar-refractivity contribution in [3.05, 3.63) is 71.8 Å². The summed E-state index contributed by atoms with van der Waals surface area (Å²) in [5.41, 5.74) is 3.55. The van der Waals surface area contributed by atoms with E-state index in [1.54, 1.807) is 36.5 Å². The Morgan fingerprint density at radius 3 is 2.50 bits per heavy atom. The van der Waals surface area contributed by atoms with E-state index in [-0.39, 0.29) is 5.91 Å². The van der Waals surface area contributed by atoms with Gasteiger partial charge < -0.3 is 10.1 Å². The minimum absolute atomic E-state index is 0.132. The van der Waals surface area contributed by atoms with Gasteiger partial charge in [-0.05, 0) is 42.8 Å². The standard InChI is InChI=1S/C18H18N4O2/c1-13-3-4-15(17(9-13)24-2)10-19-18(23)14-5-7-16(8-6-14)22-11-20-21-12-22/h3-9,11-12H,10H2,1-2H3,(H,19,23). The van der Waals surface area contributed by atoms with Crippen LogP contribution in [0.3, 0.4) is 0 Å². The van der Waals surface area contributed by atoms with Crippen LogP contribution < -0.4 is 10.1 Å². The van der Waals surface area contributed by atoms with Gasteiger partial charge in [-0.15, -0.1) is 10.2 Å². The van der Waals surface area contributed by atoms with Crippen molar-refractivity contribution in [1.82, 2.24) is 20.1 Å². The summed E-state index contributed by atoms with van der Waals surface area (Å²) in [6.45, 7) is 2.41. The molecule has 0 spiro atoms. The minimum atomic E-state index is -0.132. The monoisotopic (exact) mass is 322 g/mol. The zero-order chi connectivity index (χ0) is 16.9. The first-order chi connectivity index (χ1) is 11.7. The van der Waals surface area contributed by atoms with Crippen molar-refractivity contribution in [3.63, 3.8) is 0 Å². The van der Waals surface area contributed by atoms with Gasteiger partial charge in [-0.1, -0.05) is 12.1 Å². The molecule has 6 nitrogen and oxygen atoms in total. The Morgan fingerprint density at radius 2 is 1.83 bits per heavy atom. The van der Waals surface area contributed by atoms with Crippen LogP contribution in [0.4, 0.5) is 0 Å². The van der Waals surface area contributed by atoms with Crippen molar-refractivity contribution in [2.75, 3.05) is 7.11 Å². The van der Waals surface area contributed by atoms with Gasteiger partial charge in [0.05, 0.1) is 7.11 Å². The number of nitrogens with zero attached hydrogens (tertiary/aromatic N) is 3. The fraction of sp³-hybridized carbons (Fsp3) is 0.167. The summed E-state index contributed by atoms with van der Waals surface area (Å²) in [6, 6.07) is 13.2. The van der Waals surface area contributed by atoms with E-state index in [1.165, 1.54) is 0 Å². The number of aryl methyl sites for hydroxylation is 1. The molecule has 6 heteroatoms. The van der Waals surface area contributed by atoms with Crippen LogP contribution in [0.2, 0.25) is 0 Å². The zero-order valence-corrected chi connectivity index (χ0v) is 13.6. The lowest BCUT2D eigenvalue weighted by Gasteiger charge is -2.11. The largest absolute Gasteiger partial charge is 0.496 e. The van der Waals surface area contributed by atoms with E-state index in [1.807, 2.05) is 37.3 Å². The summed E-state index contributed by atoms with van der Waals surface area (Å²) < 4.78 is 7.13. The number of hydrogen-bond donors (Lipinski definition) is 1. The molecule has 0 aliphatic heterocycles. The number of nitrogens with one attached hydrogen (secondary N) is 1. The third kappa shape index (κ3) is 3.43. The summed E-state index contributed by atoms with van der Waals surface area (Å²) in [5.74, 6) is 0.645. The smallest absolute Gasteiger partial charge is 0.251 e. The molecule has 1 amide bonds. The molecular formula is C18H18N4O2. The first-order valence-corrected chi connectivity index (χ1v) is 7.54. The minimum Gasteiger partial charge on any atom is -0.496 e. The van der Waals surface area contributed by atoms with Crippen LogP contribution in [0, 0.1) is 6.92 Å². The molecule has 0 aliphatic carbocycles. The number of carbonyl (C=O) groups excluding carboxylic acids is 1. The lowest BCUT2D eigenvalue weighted by molar-refractivity contribution is 0.0950. The topological polar surface area (TPSA) is 69.0 Å². The fourth-order valence-electron chi connectivity index (χ4n) is 2.39. The number of ether oxygens (including phenoxy) is 1. The number of benzene rings is 2. The highest BCUT2D eigenvalue weighted by molar-refractivity contribution is 5.94. The molecule has 0 bridgehead atoms. The molecular weight excluding hydrogens is 304 g/mol. The van der Waals surface area contributed by atoms with Gasteiger partial charge in [0.2, 0.25) is 0 Å². The molecule has 0 radical (unpaired) electrons. The van der Waals surface area contributed by atoms with Gasteiger partial charge in [0.15, 0.2) is 0 Å². The molecule has 1 aromatic heterocycles. The average Bonchev–Trinajstić information content (AvgIpc) is 3.15. The molecule has 0 saturated heterocycles. The number of amides is 1. The van der Waals surface area contributed by atoms with E-state index < -0.39 is 0 Å². The summed E-state index contributed by atoms with van der Waals surface area (Å²) >= 11 is 0. The third-order valence-electron chi connectivity index (χ3n) is 3.73. The van der Waals surface area contributed by atoms with E-state index in [2.05, 4.69) is 15.5 Å². The Labute approximate surface area is 140 Å². The first-order valence-electron chi connectivity index (χ1n) is 7.54. The second-order valence-electron chi connectivity index (χ2n) is 5.41. The van der Waals surface area contributed by atoms with Crippen LogP contribution >= 0.6 is 0 Å². The molecule has 0 atom stereocenters. The summed E-state index contributed by atoms with van der Waals surface area (Å²) in [4.78, 5) is 12.3. The van der Waals surface area contributed by atoms with E-state index in [4.69, 9.17) is 4.74 Å². The molecule has 0 aliphatic rings. The van der Waals surface area contributed by atoms with Gasteiger partial charge in [-0.2, -0.15) is 0 Å². The Balaban J connectivity index is 1.67. The molecule has 3 rings (SSSR count). The molecule has 122 valence electrons. The summed E-state index contributed by atoms with van der Waals surface area (Å²) in [5, 5.41) is 10.4. The van der Waals surface area contributed by atoms with Crippen molar-refractivity contribution in [1.29, 1.82) is 0 Å². The van der Waals surface area contributed by atoms with Crippen LogP contribution in [-0.4, -0.2) is 27.8 Å². The summed E-state index contributed by atoms with van der Waals surface area (Å²) in [6.07, 6.45) is 3.22. The third-order valence-corrected chi connectivity index (χ3v) is 3.73. The van der Waals surface area contributed by atoms with Crippen LogP contribution in [0.5, 0.6) is 5.75 Å². The second kappa shape index (κ2) is 6.95. The second-order valence-corrected chi connectivity index (χ2v) is 5.41. The van der Waals surface area contributed by atoms with Gasteiger partial charge >= 0.3 is 0 Å². The molecule has 0 unspecified atom stereocenters. The van der Waals surface area contributed by atoms with E-state index in [0.717, 1.165) is 22.6 Å². The highest BCUT2D eigenvalue weighted by atomic mass is 16.5. The highest BCUT2D eigenvalue weighted by Gasteiger charge is 2.08. The fourth-order valence-corrected chi connectivity index (χ4v) is 2.39. The molecule has 0 fully saturated rings. The van der Waals surface area contributed by atoms with Crippen molar-refractivity contribution in [3.8, 4) is 11.4 Å². The Hall–Kier alpha value is -3.15. The van der Waals surface area contributed by atoms with Gasteiger partial charge in [0, 0.05) is 23.4 Å². The molecule has 3 aromatic rings. The van der Waals surface area contributed by atoms with Crippen molar-refractivity contribution in [2.24, 2.45) is 0 Å². The van der Waals surface area contributed by atoms with Gasteiger partial charge in [-0.25, -0.2) is 0 Å².